The molecule has 11 heavy (non-hydrogen) atoms. The molecule has 62 valence electrons. The van der Waals surface area contributed by atoms with Crippen molar-refractivity contribution in [2.24, 2.45) is 0 Å². The summed E-state index contributed by atoms with van der Waals surface area (Å²) in [6.07, 6.45) is 2.54. The summed E-state index contributed by atoms with van der Waals surface area (Å²) in [6, 6.07) is 0. The first-order valence-electron chi connectivity index (χ1n) is 3.60. The Hall–Kier alpha value is -0.900. The Bertz CT molecular complexity index is 209. The highest BCUT2D eigenvalue weighted by Crippen LogP contribution is 1.98. The number of likely N-dealkylation sites (N-methyl/N-ethyl adjacent to an activating group) is 1. The van der Waals surface area contributed by atoms with Crippen molar-refractivity contribution in [3.05, 3.63) is 17.7 Å². The van der Waals surface area contributed by atoms with Crippen LogP contribution in [0.2, 0.25) is 0 Å². The number of nitrogens with one attached hydrogen (secondary N) is 2. The monoisotopic (exact) mass is 157 g/mol. The van der Waals surface area contributed by atoms with Gasteiger partial charge in [0.2, 0.25) is 0 Å². The maximum atomic E-state index is 12.0. The van der Waals surface area contributed by atoms with Gasteiger partial charge in [-0.05, 0) is 7.05 Å². The minimum atomic E-state index is -0.514. The fourth-order valence-electron chi connectivity index (χ4n) is 0.860. The van der Waals surface area contributed by atoms with Crippen LogP contribution in [0.4, 0.5) is 4.39 Å². The van der Waals surface area contributed by atoms with Crippen LogP contribution in [0.15, 0.2) is 6.20 Å². The van der Waals surface area contributed by atoms with E-state index in [0.29, 0.717) is 5.82 Å². The van der Waals surface area contributed by atoms with Crippen LogP contribution >= 0.6 is 0 Å². The highest BCUT2D eigenvalue weighted by Gasteiger charge is 1.97. The van der Waals surface area contributed by atoms with Gasteiger partial charge in [-0.3, -0.25) is 0 Å². The number of alkyl halides is 1. The second kappa shape index (κ2) is 4.08. The highest BCUT2D eigenvalue weighted by molar-refractivity contribution is 5.00. The SMILES string of the molecule is CNCCc1cnc(CF)[nH]1. The van der Waals surface area contributed by atoms with Gasteiger partial charge in [-0.2, -0.15) is 0 Å². The zero-order valence-electron chi connectivity index (χ0n) is 6.52. The first-order valence-corrected chi connectivity index (χ1v) is 3.60. The Morgan fingerprint density at radius 3 is 3.09 bits per heavy atom. The molecule has 0 unspecified atom stereocenters. The third-order valence-corrected chi connectivity index (χ3v) is 1.45. The zero-order chi connectivity index (χ0) is 8.10. The van der Waals surface area contributed by atoms with E-state index in [1.54, 1.807) is 6.20 Å². The molecule has 2 N–H and O–H groups in total. The lowest BCUT2D eigenvalue weighted by atomic mass is 10.3. The number of halogens is 1. The first kappa shape index (κ1) is 8.20. The predicted octanol–water partition coefficient (Wildman–Crippen LogP) is 0.641. The Kier molecular flexibility index (Phi) is 3.04. The average molecular weight is 157 g/mol. The number of aromatic nitrogens is 2. The molecule has 0 saturated heterocycles. The second-order valence-electron chi connectivity index (χ2n) is 2.34. The van der Waals surface area contributed by atoms with E-state index in [1.165, 1.54) is 0 Å². The molecular weight excluding hydrogens is 145 g/mol. The molecule has 0 atom stereocenters. The summed E-state index contributed by atoms with van der Waals surface area (Å²) in [5.74, 6) is 0.413. The van der Waals surface area contributed by atoms with Crippen LogP contribution in [0.25, 0.3) is 0 Å². The molecule has 3 nitrogen and oxygen atoms in total. The van der Waals surface area contributed by atoms with Crippen LogP contribution < -0.4 is 5.32 Å². The van der Waals surface area contributed by atoms with Crippen molar-refractivity contribution in [2.75, 3.05) is 13.6 Å². The second-order valence-corrected chi connectivity index (χ2v) is 2.34. The molecule has 1 heterocycles. The lowest BCUT2D eigenvalue weighted by molar-refractivity contribution is 0.468. The third kappa shape index (κ3) is 2.31. The Balaban J connectivity index is 2.44. The van der Waals surface area contributed by atoms with Gasteiger partial charge in [-0.25, -0.2) is 9.37 Å². The summed E-state index contributed by atoms with van der Waals surface area (Å²) in [7, 11) is 1.88. The molecule has 0 aliphatic carbocycles. The molecular formula is C7H12FN3. The summed E-state index contributed by atoms with van der Waals surface area (Å²) in [5.41, 5.74) is 0.979. The number of nitrogens with zero attached hydrogens (tertiary/aromatic N) is 1. The molecule has 4 heteroatoms. The highest BCUT2D eigenvalue weighted by atomic mass is 19.1. The van der Waals surface area contributed by atoms with Gasteiger partial charge < -0.3 is 10.3 Å². The zero-order valence-corrected chi connectivity index (χ0v) is 6.52. The fraction of sp³-hybridized carbons (Fsp3) is 0.571. The van der Waals surface area contributed by atoms with Gasteiger partial charge in [0.1, 0.15) is 12.5 Å². The minimum Gasteiger partial charge on any atom is -0.344 e. The summed E-state index contributed by atoms with van der Waals surface area (Å²) < 4.78 is 12.0. The molecule has 0 bridgehead atoms. The van der Waals surface area contributed by atoms with E-state index in [-0.39, 0.29) is 0 Å². The molecule has 0 aliphatic rings. The number of hydrogen-bond acceptors (Lipinski definition) is 2. The van der Waals surface area contributed by atoms with Crippen molar-refractivity contribution in [1.29, 1.82) is 0 Å². The maximum absolute atomic E-state index is 12.0. The standard InChI is InChI=1S/C7H12FN3/c1-9-3-2-6-5-10-7(4-8)11-6/h5,9H,2-4H2,1H3,(H,10,11). The van der Waals surface area contributed by atoms with Crippen LogP contribution in [-0.4, -0.2) is 23.6 Å². The van der Waals surface area contributed by atoms with Crippen molar-refractivity contribution < 1.29 is 4.39 Å². The number of hydrogen-bond donors (Lipinski definition) is 2. The van der Waals surface area contributed by atoms with Crippen LogP contribution in [-0.2, 0) is 13.1 Å². The third-order valence-electron chi connectivity index (χ3n) is 1.45. The minimum absolute atomic E-state index is 0.413. The molecule has 1 aromatic rings. The van der Waals surface area contributed by atoms with Crippen molar-refractivity contribution in [3.63, 3.8) is 0 Å². The van der Waals surface area contributed by atoms with Gasteiger partial charge in [-0.15, -0.1) is 0 Å². The topological polar surface area (TPSA) is 40.7 Å². The van der Waals surface area contributed by atoms with Crippen molar-refractivity contribution in [2.45, 2.75) is 13.1 Å². The van der Waals surface area contributed by atoms with E-state index in [4.69, 9.17) is 0 Å². The molecule has 0 saturated carbocycles. The van der Waals surface area contributed by atoms with Gasteiger partial charge in [0.25, 0.3) is 0 Å². The Morgan fingerprint density at radius 2 is 2.55 bits per heavy atom. The van der Waals surface area contributed by atoms with Gasteiger partial charge in [0.05, 0.1) is 0 Å². The van der Waals surface area contributed by atoms with Crippen LogP contribution in [0.1, 0.15) is 11.5 Å². The Labute approximate surface area is 65.0 Å². The summed E-state index contributed by atoms with van der Waals surface area (Å²) in [5, 5.41) is 3.00. The van der Waals surface area contributed by atoms with Gasteiger partial charge in [0, 0.05) is 24.9 Å². The van der Waals surface area contributed by atoms with Crippen LogP contribution in [0.5, 0.6) is 0 Å². The summed E-state index contributed by atoms with van der Waals surface area (Å²) in [6.45, 7) is 0.369. The van der Waals surface area contributed by atoms with E-state index < -0.39 is 6.67 Å². The number of rotatable bonds is 4. The van der Waals surface area contributed by atoms with Crippen LogP contribution in [0, 0.1) is 0 Å². The van der Waals surface area contributed by atoms with Crippen molar-refractivity contribution >= 4 is 0 Å². The largest absolute Gasteiger partial charge is 0.344 e. The van der Waals surface area contributed by atoms with Crippen molar-refractivity contribution in [1.82, 2.24) is 15.3 Å². The van der Waals surface area contributed by atoms with E-state index in [0.717, 1.165) is 18.7 Å². The van der Waals surface area contributed by atoms with E-state index >= 15 is 0 Å². The predicted molar refractivity (Wildman–Crippen MR) is 41.0 cm³/mol. The van der Waals surface area contributed by atoms with E-state index in [2.05, 4.69) is 15.3 Å². The summed E-state index contributed by atoms with van der Waals surface area (Å²) >= 11 is 0. The molecule has 0 amide bonds. The average Bonchev–Trinajstić information content (AvgIpc) is 2.48. The summed E-state index contributed by atoms with van der Waals surface area (Å²) in [4.78, 5) is 6.70. The van der Waals surface area contributed by atoms with E-state index in [1.807, 2.05) is 7.05 Å². The Morgan fingerprint density at radius 1 is 1.73 bits per heavy atom. The molecule has 0 aromatic carbocycles. The van der Waals surface area contributed by atoms with Gasteiger partial charge in [0.15, 0.2) is 0 Å². The maximum Gasteiger partial charge on any atom is 0.147 e. The lowest BCUT2D eigenvalue weighted by Gasteiger charge is -1.94. The molecule has 1 rings (SSSR count). The van der Waals surface area contributed by atoms with Gasteiger partial charge in [-0.1, -0.05) is 0 Å². The molecule has 0 radical (unpaired) electrons. The first-order chi connectivity index (χ1) is 5.36. The number of imidazole rings is 1. The van der Waals surface area contributed by atoms with Crippen molar-refractivity contribution in [3.8, 4) is 0 Å². The number of aromatic amines is 1. The smallest absolute Gasteiger partial charge is 0.147 e. The van der Waals surface area contributed by atoms with E-state index in [9.17, 15) is 4.39 Å². The van der Waals surface area contributed by atoms with Gasteiger partial charge >= 0.3 is 0 Å². The number of H-pyrrole nitrogens is 1. The lowest BCUT2D eigenvalue weighted by Crippen LogP contribution is -2.10. The van der Waals surface area contributed by atoms with Crippen LogP contribution in [0.3, 0.4) is 0 Å². The molecule has 0 aliphatic heterocycles. The normalized spacial score (nSPS) is 10.4. The molecule has 0 spiro atoms. The quantitative estimate of drug-likeness (QED) is 0.673. The molecule has 0 fully saturated rings. The fourth-order valence-corrected chi connectivity index (χ4v) is 0.860. The molecule has 1 aromatic heterocycles.